The third-order valence-electron chi connectivity index (χ3n) is 4.00. The van der Waals surface area contributed by atoms with Gasteiger partial charge in [-0.3, -0.25) is 19.4 Å². The molecule has 1 aliphatic heterocycles. The van der Waals surface area contributed by atoms with Gasteiger partial charge >= 0.3 is 6.18 Å². The number of rotatable bonds is 5. The van der Waals surface area contributed by atoms with Gasteiger partial charge in [0.05, 0.1) is 30.9 Å². The van der Waals surface area contributed by atoms with Gasteiger partial charge in [0.15, 0.2) is 0 Å². The van der Waals surface area contributed by atoms with Crippen molar-refractivity contribution >= 4 is 23.2 Å². The molecule has 138 valence electrons. The standard InChI is InChI=1S/C16H20F3N3O3/c1-2-21(7-8-23)10-15(25)22-12-6-4-3-5-11(12)20-14(24)9-13(22)16(17,18)19/h3-6,13,23H,2,7-10H2,1H3,(H,20,24). The number of benzene rings is 1. The molecule has 1 aliphatic rings. The summed E-state index contributed by atoms with van der Waals surface area (Å²) in [5, 5.41) is 11.4. The molecule has 1 atom stereocenters. The first-order valence-corrected chi connectivity index (χ1v) is 7.88. The summed E-state index contributed by atoms with van der Waals surface area (Å²) in [4.78, 5) is 26.7. The highest BCUT2D eigenvalue weighted by molar-refractivity contribution is 6.05. The van der Waals surface area contributed by atoms with E-state index in [1.165, 1.54) is 18.2 Å². The number of para-hydroxylation sites is 2. The molecule has 0 saturated carbocycles. The van der Waals surface area contributed by atoms with Crippen molar-refractivity contribution in [2.24, 2.45) is 0 Å². The molecule has 0 spiro atoms. The Balaban J connectivity index is 2.44. The maximum absolute atomic E-state index is 13.5. The lowest BCUT2D eigenvalue weighted by molar-refractivity contribution is -0.158. The van der Waals surface area contributed by atoms with E-state index in [0.29, 0.717) is 11.4 Å². The zero-order valence-corrected chi connectivity index (χ0v) is 13.7. The third kappa shape index (κ3) is 4.49. The molecule has 2 N–H and O–H groups in total. The Hall–Kier alpha value is -2.13. The number of fused-ring (bicyclic) bond motifs is 1. The van der Waals surface area contributed by atoms with Crippen LogP contribution in [0.1, 0.15) is 13.3 Å². The number of hydrogen-bond acceptors (Lipinski definition) is 4. The highest BCUT2D eigenvalue weighted by Crippen LogP contribution is 2.37. The minimum absolute atomic E-state index is 0.0146. The van der Waals surface area contributed by atoms with Crippen LogP contribution in [0, 0.1) is 0 Å². The van der Waals surface area contributed by atoms with Crippen LogP contribution in [0.2, 0.25) is 0 Å². The summed E-state index contributed by atoms with van der Waals surface area (Å²) in [7, 11) is 0. The summed E-state index contributed by atoms with van der Waals surface area (Å²) in [5.41, 5.74) is 0.179. The SMILES string of the molecule is CCN(CCO)CC(=O)N1c2ccccc2NC(=O)CC1C(F)(F)F. The van der Waals surface area contributed by atoms with E-state index in [0.717, 1.165) is 0 Å². The predicted molar refractivity (Wildman–Crippen MR) is 86.2 cm³/mol. The number of nitrogens with zero attached hydrogens (tertiary/aromatic N) is 2. The number of carbonyl (C=O) groups excluding carboxylic acids is 2. The Morgan fingerprint density at radius 1 is 1.40 bits per heavy atom. The maximum Gasteiger partial charge on any atom is 0.409 e. The number of aliphatic hydroxyl groups excluding tert-OH is 1. The minimum Gasteiger partial charge on any atom is -0.395 e. The van der Waals surface area contributed by atoms with Crippen molar-refractivity contribution in [1.29, 1.82) is 0 Å². The number of carbonyl (C=O) groups is 2. The first-order chi connectivity index (χ1) is 11.8. The zero-order chi connectivity index (χ0) is 18.6. The van der Waals surface area contributed by atoms with Gasteiger partial charge in [-0.25, -0.2) is 0 Å². The number of hydrogen-bond donors (Lipinski definition) is 2. The number of alkyl halides is 3. The van der Waals surface area contributed by atoms with Crippen LogP contribution >= 0.6 is 0 Å². The molecule has 0 aromatic heterocycles. The second-order valence-corrected chi connectivity index (χ2v) is 5.68. The van der Waals surface area contributed by atoms with Gasteiger partial charge in [-0.05, 0) is 18.7 Å². The molecule has 1 aromatic rings. The number of halogens is 3. The van der Waals surface area contributed by atoms with Crippen molar-refractivity contribution in [1.82, 2.24) is 4.90 Å². The summed E-state index contributed by atoms with van der Waals surface area (Å²) < 4.78 is 40.6. The molecule has 0 aliphatic carbocycles. The monoisotopic (exact) mass is 359 g/mol. The summed E-state index contributed by atoms with van der Waals surface area (Å²) in [6.07, 6.45) is -5.62. The van der Waals surface area contributed by atoms with Crippen molar-refractivity contribution in [2.45, 2.75) is 25.6 Å². The van der Waals surface area contributed by atoms with Gasteiger partial charge in [0, 0.05) is 6.54 Å². The number of amides is 2. The van der Waals surface area contributed by atoms with Crippen molar-refractivity contribution in [3.8, 4) is 0 Å². The largest absolute Gasteiger partial charge is 0.409 e. The van der Waals surface area contributed by atoms with Gasteiger partial charge in [-0.15, -0.1) is 0 Å². The van der Waals surface area contributed by atoms with Crippen LogP contribution in [-0.4, -0.2) is 60.3 Å². The van der Waals surface area contributed by atoms with Crippen LogP contribution in [0.5, 0.6) is 0 Å². The van der Waals surface area contributed by atoms with Gasteiger partial charge in [0.2, 0.25) is 11.8 Å². The average molecular weight is 359 g/mol. The second kappa shape index (κ2) is 7.83. The van der Waals surface area contributed by atoms with E-state index in [9.17, 15) is 22.8 Å². The molecule has 2 amide bonds. The Morgan fingerprint density at radius 3 is 2.68 bits per heavy atom. The molecule has 0 fully saturated rings. The Bertz CT molecular complexity index is 637. The molecule has 9 heteroatoms. The van der Waals surface area contributed by atoms with E-state index >= 15 is 0 Å². The molecule has 2 rings (SSSR count). The van der Waals surface area contributed by atoms with Crippen LogP contribution in [0.25, 0.3) is 0 Å². The molecule has 6 nitrogen and oxygen atoms in total. The summed E-state index contributed by atoms with van der Waals surface area (Å²) in [6, 6.07) is 3.67. The topological polar surface area (TPSA) is 72.9 Å². The van der Waals surface area contributed by atoms with Crippen LogP contribution in [0.3, 0.4) is 0 Å². The summed E-state index contributed by atoms with van der Waals surface area (Å²) in [5.74, 6) is -1.57. The molecule has 1 heterocycles. The lowest BCUT2D eigenvalue weighted by Crippen LogP contribution is -2.52. The highest BCUT2D eigenvalue weighted by atomic mass is 19.4. The van der Waals surface area contributed by atoms with Crippen molar-refractivity contribution in [3.63, 3.8) is 0 Å². The zero-order valence-electron chi connectivity index (χ0n) is 13.7. The van der Waals surface area contributed by atoms with Crippen LogP contribution in [0.4, 0.5) is 24.5 Å². The number of likely N-dealkylation sites (N-methyl/N-ethyl adjacent to an activating group) is 1. The van der Waals surface area contributed by atoms with Crippen LogP contribution < -0.4 is 10.2 Å². The summed E-state index contributed by atoms with van der Waals surface area (Å²) in [6.45, 7) is 1.82. The Labute approximate surface area is 143 Å². The highest BCUT2D eigenvalue weighted by Gasteiger charge is 2.49. The first-order valence-electron chi connectivity index (χ1n) is 7.88. The molecule has 1 unspecified atom stereocenters. The van der Waals surface area contributed by atoms with Crippen molar-refractivity contribution in [2.75, 3.05) is 36.5 Å². The quantitative estimate of drug-likeness (QED) is 0.838. The summed E-state index contributed by atoms with van der Waals surface area (Å²) >= 11 is 0. The second-order valence-electron chi connectivity index (χ2n) is 5.68. The van der Waals surface area contributed by atoms with E-state index in [4.69, 9.17) is 5.11 Å². The van der Waals surface area contributed by atoms with Gasteiger partial charge in [0.25, 0.3) is 0 Å². The number of aliphatic hydroxyl groups is 1. The molecule has 0 radical (unpaired) electrons. The first kappa shape index (κ1) is 19.2. The van der Waals surface area contributed by atoms with Gasteiger partial charge in [-0.2, -0.15) is 13.2 Å². The average Bonchev–Trinajstić information content (AvgIpc) is 2.69. The maximum atomic E-state index is 13.5. The fourth-order valence-electron chi connectivity index (χ4n) is 2.75. The fourth-order valence-corrected chi connectivity index (χ4v) is 2.75. The van der Waals surface area contributed by atoms with Gasteiger partial charge < -0.3 is 10.4 Å². The van der Waals surface area contributed by atoms with E-state index < -0.39 is 30.5 Å². The lowest BCUT2D eigenvalue weighted by Gasteiger charge is -2.33. The van der Waals surface area contributed by atoms with E-state index in [1.807, 2.05) is 0 Å². The fraction of sp³-hybridized carbons (Fsp3) is 0.500. The molecule has 0 bridgehead atoms. The third-order valence-corrected chi connectivity index (χ3v) is 4.00. The molecule has 25 heavy (non-hydrogen) atoms. The molecular weight excluding hydrogens is 339 g/mol. The number of anilines is 2. The van der Waals surface area contributed by atoms with Gasteiger partial charge in [0.1, 0.15) is 6.04 Å². The minimum atomic E-state index is -4.75. The number of nitrogens with one attached hydrogen (secondary N) is 1. The predicted octanol–water partition coefficient (Wildman–Crippen LogP) is 1.61. The van der Waals surface area contributed by atoms with Crippen molar-refractivity contribution in [3.05, 3.63) is 24.3 Å². The molecule has 0 saturated heterocycles. The van der Waals surface area contributed by atoms with Crippen LogP contribution in [0.15, 0.2) is 24.3 Å². The van der Waals surface area contributed by atoms with Gasteiger partial charge in [-0.1, -0.05) is 19.1 Å². The van der Waals surface area contributed by atoms with E-state index in [-0.39, 0.29) is 31.1 Å². The lowest BCUT2D eigenvalue weighted by atomic mass is 10.1. The van der Waals surface area contributed by atoms with E-state index in [2.05, 4.69) is 5.32 Å². The van der Waals surface area contributed by atoms with Crippen molar-refractivity contribution < 1.29 is 27.9 Å². The molecular formula is C16H20F3N3O3. The smallest absolute Gasteiger partial charge is 0.395 e. The Kier molecular flexibility index (Phi) is 6.02. The Morgan fingerprint density at radius 2 is 2.08 bits per heavy atom. The molecule has 1 aromatic carbocycles. The normalized spacial score (nSPS) is 17.9. The van der Waals surface area contributed by atoms with E-state index in [1.54, 1.807) is 17.9 Å². The van der Waals surface area contributed by atoms with Crippen LogP contribution in [-0.2, 0) is 9.59 Å².